The molecular weight excluding hydrogens is 602 g/mol. The third kappa shape index (κ3) is 7.09. The molecule has 1 N–H and O–H groups in total. The Morgan fingerprint density at radius 2 is 1.87 bits per heavy atom. The van der Waals surface area contributed by atoms with E-state index in [1.165, 1.54) is 36.3 Å². The van der Waals surface area contributed by atoms with Gasteiger partial charge in [-0.1, -0.05) is 31.8 Å². The number of nitrogens with zero attached hydrogens (tertiary/aromatic N) is 3. The van der Waals surface area contributed by atoms with Crippen molar-refractivity contribution in [2.75, 3.05) is 19.0 Å². The fraction of sp³-hybridized carbons (Fsp3) is 0.438. The van der Waals surface area contributed by atoms with E-state index in [2.05, 4.69) is 36.5 Å². The van der Waals surface area contributed by atoms with Crippen molar-refractivity contribution in [2.24, 2.45) is 0 Å². The molecule has 0 radical (unpaired) electrons. The van der Waals surface area contributed by atoms with E-state index in [0.29, 0.717) is 28.9 Å². The van der Waals surface area contributed by atoms with Gasteiger partial charge in [-0.15, -0.1) is 6.58 Å². The van der Waals surface area contributed by atoms with Gasteiger partial charge in [0.25, 0.3) is 5.91 Å². The number of anilines is 1. The molecule has 45 heavy (non-hydrogen) atoms. The van der Waals surface area contributed by atoms with Gasteiger partial charge in [-0.05, 0) is 45.0 Å². The molecule has 2 aromatic heterocycles. The van der Waals surface area contributed by atoms with Crippen LogP contribution in [0.5, 0.6) is 0 Å². The van der Waals surface area contributed by atoms with E-state index < -0.39 is 48.8 Å². The molecule has 1 aromatic carbocycles. The first-order valence-electron chi connectivity index (χ1n) is 14.6. The summed E-state index contributed by atoms with van der Waals surface area (Å²) in [6.07, 6.45) is 0.617. The van der Waals surface area contributed by atoms with Crippen LogP contribution in [-0.2, 0) is 37.8 Å². The number of rotatable bonds is 11. The zero-order valence-corrected chi connectivity index (χ0v) is 27.8. The minimum Gasteiger partial charge on any atom is -0.467 e. The molecule has 0 aliphatic carbocycles. The zero-order chi connectivity index (χ0) is 33.3. The van der Waals surface area contributed by atoms with E-state index in [0.717, 1.165) is 12.1 Å². The molecule has 2 amide bonds. The topological polar surface area (TPSA) is 112 Å². The highest BCUT2D eigenvalue weighted by Crippen LogP contribution is 2.44. The lowest BCUT2D eigenvalue weighted by molar-refractivity contribution is -0.154. The lowest BCUT2D eigenvalue weighted by Gasteiger charge is -2.36. The van der Waals surface area contributed by atoms with Crippen LogP contribution in [0, 0.1) is 11.6 Å². The normalized spacial score (nSPS) is 16.6. The molecule has 3 heterocycles. The van der Waals surface area contributed by atoms with Crippen LogP contribution in [0.4, 0.5) is 19.4 Å². The van der Waals surface area contributed by atoms with Crippen molar-refractivity contribution >= 4 is 42.9 Å². The first kappa shape index (κ1) is 33.8. The van der Waals surface area contributed by atoms with Gasteiger partial charge in [0.15, 0.2) is 17.2 Å². The predicted molar refractivity (Wildman–Crippen MR) is 168 cm³/mol. The summed E-state index contributed by atoms with van der Waals surface area (Å²) in [6, 6.07) is 7.42. The fourth-order valence-electron chi connectivity index (χ4n) is 5.30. The van der Waals surface area contributed by atoms with Crippen LogP contribution < -0.4 is 5.32 Å². The highest BCUT2D eigenvalue weighted by molar-refractivity contribution is 6.76. The monoisotopic (exact) mass is 642 g/mol. The van der Waals surface area contributed by atoms with Crippen molar-refractivity contribution < 1.29 is 37.4 Å². The molecule has 0 saturated carbocycles. The largest absolute Gasteiger partial charge is 0.467 e. The Morgan fingerprint density at radius 1 is 1.16 bits per heavy atom. The smallest absolute Gasteiger partial charge is 0.413 e. The first-order valence-corrected chi connectivity index (χ1v) is 18.3. The molecule has 0 bridgehead atoms. The van der Waals surface area contributed by atoms with Gasteiger partial charge >= 0.3 is 12.1 Å². The Hall–Kier alpha value is -4.10. The third-order valence-electron chi connectivity index (χ3n) is 7.41. The summed E-state index contributed by atoms with van der Waals surface area (Å²) >= 11 is 0. The molecule has 242 valence electrons. The standard InChI is InChI=1S/C32H40F2N4O6Si/c1-9-12-32(29(40)42-5)23-11-10-20(33)15-22(23)28(39)38(32)18-21-16-25-26(37(21)19-43-13-14-45(6,7)8)17-24(34)27(35-25)36-30(41)44-31(2,3)4/h9-11,15-17H,1,12-14,18-19H2,2-8H3,(H,35,36,41)/t32-/m0/s1. The Labute approximate surface area is 262 Å². The molecule has 0 saturated heterocycles. The maximum Gasteiger partial charge on any atom is 0.413 e. The number of pyridine rings is 1. The second-order valence-electron chi connectivity index (χ2n) is 13.2. The number of fused-ring (bicyclic) bond motifs is 2. The van der Waals surface area contributed by atoms with Gasteiger partial charge < -0.3 is 23.7 Å². The van der Waals surface area contributed by atoms with E-state index >= 15 is 4.39 Å². The Kier molecular flexibility index (Phi) is 9.55. The number of benzene rings is 1. The number of nitrogens with one attached hydrogen (secondary N) is 1. The van der Waals surface area contributed by atoms with Crippen LogP contribution in [0.1, 0.15) is 48.8 Å². The lowest BCUT2D eigenvalue weighted by Crippen LogP contribution is -2.50. The van der Waals surface area contributed by atoms with Crippen LogP contribution in [-0.4, -0.2) is 59.8 Å². The Bertz CT molecular complexity index is 1640. The maximum atomic E-state index is 15.4. The van der Waals surface area contributed by atoms with Gasteiger partial charge in [0.1, 0.15) is 18.1 Å². The van der Waals surface area contributed by atoms with Crippen molar-refractivity contribution in [3.8, 4) is 0 Å². The summed E-state index contributed by atoms with van der Waals surface area (Å²) in [5, 5.41) is 2.35. The second-order valence-corrected chi connectivity index (χ2v) is 18.8. The van der Waals surface area contributed by atoms with Crippen LogP contribution in [0.3, 0.4) is 0 Å². The quantitative estimate of drug-likeness (QED) is 0.109. The molecule has 13 heteroatoms. The van der Waals surface area contributed by atoms with Crippen molar-refractivity contribution in [2.45, 2.75) is 77.3 Å². The SMILES string of the molecule is C=CC[C@@]1(C(=O)OC)c2ccc(F)cc2C(=O)N1Cc1cc2nc(NC(=O)OC(C)(C)C)c(F)cc2n1COCC[Si](C)(C)C. The third-order valence-corrected chi connectivity index (χ3v) is 9.11. The second kappa shape index (κ2) is 12.7. The molecule has 0 fully saturated rings. The van der Waals surface area contributed by atoms with Crippen LogP contribution in [0.2, 0.25) is 25.7 Å². The Morgan fingerprint density at radius 3 is 2.49 bits per heavy atom. The summed E-state index contributed by atoms with van der Waals surface area (Å²) in [7, 11) is -0.209. The number of halogens is 2. The fourth-order valence-corrected chi connectivity index (χ4v) is 6.06. The summed E-state index contributed by atoms with van der Waals surface area (Å²) < 4.78 is 47.8. The molecule has 0 spiro atoms. The van der Waals surface area contributed by atoms with Crippen molar-refractivity contribution in [1.82, 2.24) is 14.5 Å². The summed E-state index contributed by atoms with van der Waals surface area (Å²) in [4.78, 5) is 45.4. The first-order chi connectivity index (χ1) is 21.0. The van der Waals surface area contributed by atoms with Crippen LogP contribution in [0.25, 0.3) is 11.0 Å². The van der Waals surface area contributed by atoms with Gasteiger partial charge in [-0.25, -0.2) is 23.4 Å². The van der Waals surface area contributed by atoms with Gasteiger partial charge in [0, 0.05) is 44.0 Å². The van der Waals surface area contributed by atoms with E-state index in [1.54, 1.807) is 31.4 Å². The van der Waals surface area contributed by atoms with Gasteiger partial charge in [-0.2, -0.15) is 0 Å². The summed E-state index contributed by atoms with van der Waals surface area (Å²) in [5.41, 5.74) is -1.01. The average molecular weight is 643 g/mol. The predicted octanol–water partition coefficient (Wildman–Crippen LogP) is 6.57. The number of aromatic nitrogens is 2. The van der Waals surface area contributed by atoms with E-state index in [4.69, 9.17) is 14.2 Å². The number of hydrogen-bond donors (Lipinski definition) is 1. The minimum absolute atomic E-state index is 0.000433. The molecule has 4 rings (SSSR count). The number of methoxy groups -OCH3 is 1. The van der Waals surface area contributed by atoms with Crippen LogP contribution >= 0.6 is 0 Å². The Balaban J connectivity index is 1.81. The van der Waals surface area contributed by atoms with Gasteiger partial charge in [-0.3, -0.25) is 10.1 Å². The highest BCUT2D eigenvalue weighted by atomic mass is 28.3. The zero-order valence-electron chi connectivity index (χ0n) is 26.8. The molecule has 3 aromatic rings. The number of esters is 1. The van der Waals surface area contributed by atoms with Gasteiger partial charge in [0.2, 0.25) is 0 Å². The maximum absolute atomic E-state index is 15.4. The number of hydrogen-bond acceptors (Lipinski definition) is 7. The molecule has 1 aliphatic heterocycles. The number of carbonyl (C=O) groups is 3. The highest BCUT2D eigenvalue weighted by Gasteiger charge is 2.55. The van der Waals surface area contributed by atoms with Crippen molar-refractivity contribution in [3.63, 3.8) is 0 Å². The number of ether oxygens (including phenoxy) is 3. The summed E-state index contributed by atoms with van der Waals surface area (Å²) in [5.74, 6) is -3.08. The van der Waals surface area contributed by atoms with E-state index in [1.807, 2.05) is 0 Å². The summed E-state index contributed by atoms with van der Waals surface area (Å²) in [6.45, 7) is 15.8. The average Bonchev–Trinajstić information content (AvgIpc) is 3.37. The molecule has 0 unspecified atom stereocenters. The van der Waals surface area contributed by atoms with Crippen LogP contribution in [0.15, 0.2) is 43.0 Å². The molecule has 1 atom stereocenters. The van der Waals surface area contributed by atoms with Crippen molar-refractivity contribution in [1.29, 1.82) is 0 Å². The van der Waals surface area contributed by atoms with Crippen molar-refractivity contribution in [3.05, 3.63) is 71.4 Å². The lowest BCUT2D eigenvalue weighted by atomic mass is 9.86. The molecule has 10 nitrogen and oxygen atoms in total. The van der Waals surface area contributed by atoms with E-state index in [-0.39, 0.29) is 31.1 Å². The van der Waals surface area contributed by atoms with Gasteiger partial charge in [0.05, 0.1) is 24.7 Å². The molecular formula is C32H40F2N4O6Si. The number of amides is 2. The number of carbonyl (C=O) groups excluding carboxylic acids is 3. The molecule has 1 aliphatic rings. The van der Waals surface area contributed by atoms with E-state index in [9.17, 15) is 18.8 Å². The minimum atomic E-state index is -1.63.